The zero-order valence-electron chi connectivity index (χ0n) is 24.3. The van der Waals surface area contributed by atoms with Crippen molar-refractivity contribution in [2.45, 2.75) is 92.0 Å². The maximum Gasteiger partial charge on any atom is 0.313 e. The molecule has 0 amide bonds. The van der Waals surface area contributed by atoms with Crippen LogP contribution in [0.2, 0.25) is 0 Å². The van der Waals surface area contributed by atoms with E-state index < -0.39 is 5.41 Å². The van der Waals surface area contributed by atoms with Crippen LogP contribution >= 0.6 is 11.8 Å². The Morgan fingerprint density at radius 3 is 1.94 bits per heavy atom. The Morgan fingerprint density at radius 2 is 1.43 bits per heavy atom. The average Bonchev–Trinajstić information content (AvgIpc) is 2.96. The van der Waals surface area contributed by atoms with Gasteiger partial charge in [0.05, 0.1) is 18.6 Å². The third kappa shape index (κ3) is 11.2. The van der Waals surface area contributed by atoms with Gasteiger partial charge in [-0.2, -0.15) is 0 Å². The monoisotopic (exact) mass is 503 g/mol. The molecule has 3 nitrogen and oxygen atoms in total. The summed E-state index contributed by atoms with van der Waals surface area (Å²) < 4.78 is 5.34. The van der Waals surface area contributed by atoms with E-state index in [2.05, 4.69) is 60.5 Å². The van der Waals surface area contributed by atoms with Gasteiger partial charge in [-0.05, 0) is 62.7 Å². The third-order valence-corrected chi connectivity index (χ3v) is 6.68. The molecule has 1 heterocycles. The van der Waals surface area contributed by atoms with Gasteiger partial charge in [-0.25, -0.2) is 0 Å². The normalized spacial score (nSPS) is 18.5. The second kappa shape index (κ2) is 22.7. The first kappa shape index (κ1) is 35.4. The van der Waals surface area contributed by atoms with Gasteiger partial charge in [0.15, 0.2) is 0 Å². The number of nitrogens with zero attached hydrogens (tertiary/aromatic N) is 1. The molecule has 1 saturated heterocycles. The van der Waals surface area contributed by atoms with Crippen molar-refractivity contribution in [2.75, 3.05) is 26.5 Å². The van der Waals surface area contributed by atoms with Crippen LogP contribution in [0.4, 0.5) is 0 Å². The number of likely N-dealkylation sites (tertiary alicyclic amines) is 1. The fourth-order valence-electron chi connectivity index (χ4n) is 4.42. The highest BCUT2D eigenvalue weighted by atomic mass is 32.2. The van der Waals surface area contributed by atoms with Gasteiger partial charge in [-0.3, -0.25) is 9.69 Å². The number of hydrogen-bond donors (Lipinski definition) is 0. The predicted molar refractivity (Wildman–Crippen MR) is 157 cm³/mol. The van der Waals surface area contributed by atoms with Gasteiger partial charge in [-0.1, -0.05) is 104 Å². The van der Waals surface area contributed by atoms with E-state index >= 15 is 0 Å². The minimum Gasteiger partial charge on any atom is -0.469 e. The lowest BCUT2D eigenvalue weighted by Gasteiger charge is -2.47. The number of benzene rings is 2. The Balaban J connectivity index is 0. The van der Waals surface area contributed by atoms with Crippen molar-refractivity contribution in [2.24, 2.45) is 5.41 Å². The van der Waals surface area contributed by atoms with Crippen molar-refractivity contribution >= 4 is 17.7 Å². The highest BCUT2D eigenvalue weighted by Gasteiger charge is 2.50. The Kier molecular flexibility index (Phi) is 22.9. The van der Waals surface area contributed by atoms with E-state index in [4.69, 9.17) is 4.74 Å². The van der Waals surface area contributed by atoms with Crippen molar-refractivity contribution < 1.29 is 9.53 Å². The number of carbonyl (C=O) groups excluding carboxylic acids is 1. The lowest BCUT2D eigenvalue weighted by molar-refractivity contribution is -0.162. The summed E-state index contributed by atoms with van der Waals surface area (Å²) in [5.41, 5.74) is 0.737. The summed E-state index contributed by atoms with van der Waals surface area (Å²) in [5.74, 6) is 0.946. The zero-order valence-corrected chi connectivity index (χ0v) is 25.1. The van der Waals surface area contributed by atoms with Crippen LogP contribution in [-0.2, 0) is 9.53 Å². The molecule has 2 aromatic rings. The molecule has 0 spiro atoms. The molecule has 200 valence electrons. The van der Waals surface area contributed by atoms with Gasteiger partial charge in [0.2, 0.25) is 0 Å². The van der Waals surface area contributed by atoms with Crippen LogP contribution < -0.4 is 0 Å². The van der Waals surface area contributed by atoms with E-state index in [1.165, 1.54) is 17.6 Å². The molecule has 2 atom stereocenters. The molecule has 0 aromatic heterocycles. The first-order valence-electron chi connectivity index (χ1n) is 13.7. The molecule has 3 rings (SSSR count). The van der Waals surface area contributed by atoms with Crippen LogP contribution in [-0.4, -0.2) is 37.3 Å². The summed E-state index contributed by atoms with van der Waals surface area (Å²) >= 11 is 1.86. The largest absolute Gasteiger partial charge is 0.469 e. The molecule has 2 aromatic carbocycles. The van der Waals surface area contributed by atoms with Gasteiger partial charge >= 0.3 is 5.97 Å². The molecule has 1 aliphatic rings. The minimum absolute atomic E-state index is 0.0624. The second-order valence-electron chi connectivity index (χ2n) is 7.31. The zero-order chi connectivity index (χ0) is 27.1. The Labute approximate surface area is 222 Å². The number of ether oxygens (including phenoxy) is 1. The number of rotatable bonds is 7. The van der Waals surface area contributed by atoms with Gasteiger partial charge in [-0.15, -0.1) is 11.8 Å². The summed E-state index contributed by atoms with van der Waals surface area (Å²) in [7, 11) is 3.66. The number of esters is 1. The van der Waals surface area contributed by atoms with Gasteiger partial charge in [0.1, 0.15) is 0 Å². The van der Waals surface area contributed by atoms with Gasteiger partial charge < -0.3 is 4.74 Å². The lowest BCUT2D eigenvalue weighted by Crippen LogP contribution is -2.49. The maximum absolute atomic E-state index is 13.0. The number of thioether (sulfide) groups is 1. The second-order valence-corrected chi connectivity index (χ2v) is 8.48. The molecule has 4 heteroatoms. The summed E-state index contributed by atoms with van der Waals surface area (Å²) in [6.07, 6.45) is 3.76. The molecular formula is C31H53NO2S. The number of hydrogen-bond acceptors (Lipinski definition) is 4. The SMILES string of the molecule is CC.CC.CC.CC.COC(=O)C1(CCCSc2ccccc2)CCCN(C)C1c1ccccc1. The number of methoxy groups -OCH3 is 1. The quantitative estimate of drug-likeness (QED) is 0.214. The lowest BCUT2D eigenvalue weighted by atomic mass is 9.68. The first-order valence-corrected chi connectivity index (χ1v) is 14.7. The van der Waals surface area contributed by atoms with E-state index in [0.717, 1.165) is 38.0 Å². The van der Waals surface area contributed by atoms with E-state index in [9.17, 15) is 4.79 Å². The smallest absolute Gasteiger partial charge is 0.313 e. The Hall–Kier alpha value is -1.78. The van der Waals surface area contributed by atoms with Crippen LogP contribution in [0.25, 0.3) is 0 Å². The van der Waals surface area contributed by atoms with E-state index in [-0.39, 0.29) is 12.0 Å². The van der Waals surface area contributed by atoms with Crippen molar-refractivity contribution in [3.63, 3.8) is 0 Å². The van der Waals surface area contributed by atoms with Crippen molar-refractivity contribution in [3.8, 4) is 0 Å². The summed E-state index contributed by atoms with van der Waals surface area (Å²) in [4.78, 5) is 16.6. The van der Waals surface area contributed by atoms with E-state index in [1.54, 1.807) is 0 Å². The maximum atomic E-state index is 13.0. The van der Waals surface area contributed by atoms with Crippen molar-refractivity contribution in [3.05, 3.63) is 66.2 Å². The number of piperidine rings is 1. The van der Waals surface area contributed by atoms with Crippen molar-refractivity contribution in [1.82, 2.24) is 4.90 Å². The van der Waals surface area contributed by atoms with Crippen LogP contribution in [0.5, 0.6) is 0 Å². The van der Waals surface area contributed by atoms with Crippen LogP contribution in [0.15, 0.2) is 65.6 Å². The van der Waals surface area contributed by atoms with Crippen molar-refractivity contribution in [1.29, 1.82) is 0 Å². The number of carbonyl (C=O) groups is 1. The van der Waals surface area contributed by atoms with Gasteiger partial charge in [0, 0.05) is 4.90 Å². The summed E-state index contributed by atoms with van der Waals surface area (Å²) in [6, 6.07) is 21.0. The molecule has 1 fully saturated rings. The van der Waals surface area contributed by atoms with Crippen LogP contribution in [0, 0.1) is 5.41 Å². The Bertz CT molecular complexity index is 723. The predicted octanol–water partition coefficient (Wildman–Crippen LogP) is 9.29. The Morgan fingerprint density at radius 1 is 0.914 bits per heavy atom. The summed E-state index contributed by atoms with van der Waals surface area (Å²) in [5, 5.41) is 0. The topological polar surface area (TPSA) is 29.5 Å². The average molecular weight is 504 g/mol. The molecule has 0 aliphatic carbocycles. The van der Waals surface area contributed by atoms with E-state index in [1.807, 2.05) is 79.3 Å². The van der Waals surface area contributed by atoms with Crippen LogP contribution in [0.1, 0.15) is 92.7 Å². The molecule has 35 heavy (non-hydrogen) atoms. The highest BCUT2D eigenvalue weighted by Crippen LogP contribution is 2.49. The highest BCUT2D eigenvalue weighted by molar-refractivity contribution is 7.99. The fourth-order valence-corrected chi connectivity index (χ4v) is 5.29. The van der Waals surface area contributed by atoms with Crippen LogP contribution in [0.3, 0.4) is 0 Å². The van der Waals surface area contributed by atoms with Gasteiger partial charge in [0.25, 0.3) is 0 Å². The van der Waals surface area contributed by atoms with E-state index in [0.29, 0.717) is 0 Å². The summed E-state index contributed by atoms with van der Waals surface area (Å²) in [6.45, 7) is 17.0. The molecule has 0 bridgehead atoms. The molecule has 0 saturated carbocycles. The molecule has 0 N–H and O–H groups in total. The molecule has 1 aliphatic heterocycles. The standard InChI is InChI=1S/C23H29NO2S.4C2H6/c1-24-17-9-15-23(22(25)26-2,21(24)19-11-5-3-6-12-19)16-10-18-27-20-13-7-4-8-14-20;4*1-2/h3-8,11-14,21H,9-10,15-18H2,1-2H3;4*1-2H3. The third-order valence-electron chi connectivity index (χ3n) is 5.58. The minimum atomic E-state index is -0.472. The molecular weight excluding hydrogens is 450 g/mol. The molecule has 2 unspecified atom stereocenters. The fraction of sp³-hybridized carbons (Fsp3) is 0.581. The molecule has 0 radical (unpaired) electrons. The first-order chi connectivity index (χ1) is 17.2.